The van der Waals surface area contributed by atoms with Gasteiger partial charge in [-0.25, -0.2) is 0 Å². The molecule has 6 nitrogen and oxygen atoms in total. The van der Waals surface area contributed by atoms with Crippen molar-refractivity contribution in [1.29, 1.82) is 0 Å². The van der Waals surface area contributed by atoms with Crippen molar-refractivity contribution in [3.8, 4) is 11.3 Å². The molecule has 3 aromatic rings. The minimum atomic E-state index is 0.808. The Morgan fingerprint density at radius 3 is 2.62 bits per heavy atom. The van der Waals surface area contributed by atoms with Crippen LogP contribution in [0.5, 0.6) is 0 Å². The van der Waals surface area contributed by atoms with Crippen LogP contribution in [-0.4, -0.2) is 31.1 Å². The number of nitrogens with one attached hydrogen (secondary N) is 1. The van der Waals surface area contributed by atoms with Crippen LogP contribution in [0.15, 0.2) is 36.8 Å². The maximum Gasteiger partial charge on any atom is 0.0969 e. The minimum absolute atomic E-state index is 0.808. The number of aromatic nitrogens is 5. The predicted molar refractivity (Wildman–Crippen MR) is 94.5 cm³/mol. The summed E-state index contributed by atoms with van der Waals surface area (Å²) < 4.78 is 3.94. The van der Waals surface area contributed by atoms with E-state index in [9.17, 15) is 0 Å². The Morgan fingerprint density at radius 2 is 1.92 bits per heavy atom. The molecule has 0 aliphatic rings. The van der Waals surface area contributed by atoms with Gasteiger partial charge in [-0.3, -0.25) is 14.3 Å². The van der Waals surface area contributed by atoms with E-state index in [0.717, 1.165) is 43.0 Å². The standard InChI is InChI=1S/C18H24N6/c1-14-11-15(2)24(21-14)10-4-7-20-12-17-13-23(3)22-18(17)16-5-8-19-9-6-16/h5-6,8-9,11,13,20H,4,7,10,12H2,1-3H3. The van der Waals surface area contributed by atoms with E-state index in [2.05, 4.69) is 44.4 Å². The molecule has 0 radical (unpaired) electrons. The second-order valence-electron chi connectivity index (χ2n) is 6.09. The SMILES string of the molecule is Cc1cc(C)n(CCCNCc2cn(C)nc2-c2ccncc2)n1. The van der Waals surface area contributed by atoms with E-state index in [0.29, 0.717) is 0 Å². The van der Waals surface area contributed by atoms with E-state index >= 15 is 0 Å². The average molecular weight is 324 g/mol. The average Bonchev–Trinajstić information content (AvgIpc) is 3.10. The molecular formula is C18H24N6. The molecule has 3 heterocycles. The monoisotopic (exact) mass is 324 g/mol. The molecule has 3 aromatic heterocycles. The van der Waals surface area contributed by atoms with E-state index in [1.807, 2.05) is 30.8 Å². The van der Waals surface area contributed by atoms with Crippen LogP contribution in [0.4, 0.5) is 0 Å². The Bertz CT molecular complexity index is 787. The summed E-state index contributed by atoms with van der Waals surface area (Å²) in [5.41, 5.74) is 5.63. The van der Waals surface area contributed by atoms with Gasteiger partial charge in [-0.2, -0.15) is 10.2 Å². The van der Waals surface area contributed by atoms with Gasteiger partial charge < -0.3 is 5.32 Å². The molecule has 0 saturated heterocycles. The first-order valence-corrected chi connectivity index (χ1v) is 8.28. The first-order valence-electron chi connectivity index (χ1n) is 8.28. The Labute approximate surface area is 142 Å². The van der Waals surface area contributed by atoms with Crippen LogP contribution in [0.2, 0.25) is 0 Å². The summed E-state index contributed by atoms with van der Waals surface area (Å²) in [6.45, 7) is 6.83. The fraction of sp³-hybridized carbons (Fsp3) is 0.389. The molecule has 3 rings (SSSR count). The first kappa shape index (κ1) is 16.4. The molecule has 0 spiro atoms. The van der Waals surface area contributed by atoms with E-state index in [-0.39, 0.29) is 0 Å². The van der Waals surface area contributed by atoms with Crippen LogP contribution in [-0.2, 0) is 20.1 Å². The Hall–Kier alpha value is -2.47. The van der Waals surface area contributed by atoms with Crippen molar-refractivity contribution in [2.24, 2.45) is 7.05 Å². The molecular weight excluding hydrogens is 300 g/mol. The summed E-state index contributed by atoms with van der Waals surface area (Å²) in [5, 5.41) is 12.6. The Kier molecular flexibility index (Phi) is 5.05. The molecule has 0 bridgehead atoms. The Balaban J connectivity index is 1.53. The topological polar surface area (TPSA) is 60.6 Å². The zero-order valence-electron chi connectivity index (χ0n) is 14.5. The van der Waals surface area contributed by atoms with Crippen LogP contribution in [0.1, 0.15) is 23.4 Å². The van der Waals surface area contributed by atoms with Crippen LogP contribution in [0.3, 0.4) is 0 Å². The highest BCUT2D eigenvalue weighted by molar-refractivity contribution is 5.61. The van der Waals surface area contributed by atoms with Gasteiger partial charge in [0.15, 0.2) is 0 Å². The lowest BCUT2D eigenvalue weighted by Crippen LogP contribution is -2.17. The van der Waals surface area contributed by atoms with Crippen molar-refractivity contribution in [3.05, 3.63) is 53.7 Å². The predicted octanol–water partition coefficient (Wildman–Crippen LogP) is 2.48. The van der Waals surface area contributed by atoms with Crippen LogP contribution in [0.25, 0.3) is 11.3 Å². The highest BCUT2D eigenvalue weighted by atomic mass is 15.3. The van der Waals surface area contributed by atoms with Crippen LogP contribution >= 0.6 is 0 Å². The summed E-state index contributed by atoms with van der Waals surface area (Å²) in [6, 6.07) is 6.10. The van der Waals surface area contributed by atoms with Gasteiger partial charge in [0, 0.05) is 55.5 Å². The molecule has 0 aliphatic carbocycles. The third-order valence-corrected chi connectivity index (χ3v) is 4.00. The fourth-order valence-corrected chi connectivity index (χ4v) is 2.90. The number of aryl methyl sites for hydroxylation is 4. The number of rotatable bonds is 7. The molecule has 126 valence electrons. The van der Waals surface area contributed by atoms with Crippen LogP contribution < -0.4 is 5.32 Å². The number of hydrogen-bond acceptors (Lipinski definition) is 4. The van der Waals surface area contributed by atoms with Crippen LogP contribution in [0, 0.1) is 13.8 Å². The van der Waals surface area contributed by atoms with Gasteiger partial charge in [0.1, 0.15) is 0 Å². The third kappa shape index (κ3) is 3.89. The smallest absolute Gasteiger partial charge is 0.0969 e. The molecule has 0 unspecified atom stereocenters. The van der Waals surface area contributed by atoms with Gasteiger partial charge >= 0.3 is 0 Å². The van der Waals surface area contributed by atoms with Gasteiger partial charge in [-0.05, 0) is 45.0 Å². The number of nitrogens with zero attached hydrogens (tertiary/aromatic N) is 5. The number of hydrogen-bond donors (Lipinski definition) is 1. The summed E-state index contributed by atoms with van der Waals surface area (Å²) >= 11 is 0. The second-order valence-corrected chi connectivity index (χ2v) is 6.09. The van der Waals surface area contributed by atoms with Gasteiger partial charge in [-0.15, -0.1) is 0 Å². The third-order valence-electron chi connectivity index (χ3n) is 4.00. The van der Waals surface area contributed by atoms with Crippen molar-refractivity contribution < 1.29 is 0 Å². The molecule has 24 heavy (non-hydrogen) atoms. The fourth-order valence-electron chi connectivity index (χ4n) is 2.90. The lowest BCUT2D eigenvalue weighted by Gasteiger charge is -2.07. The molecule has 0 aromatic carbocycles. The largest absolute Gasteiger partial charge is 0.312 e. The van der Waals surface area contributed by atoms with Crippen molar-refractivity contribution >= 4 is 0 Å². The lowest BCUT2D eigenvalue weighted by atomic mass is 10.1. The maximum absolute atomic E-state index is 4.58. The molecule has 0 fully saturated rings. The van der Waals surface area contributed by atoms with E-state index < -0.39 is 0 Å². The summed E-state index contributed by atoms with van der Waals surface area (Å²) in [4.78, 5) is 4.07. The molecule has 0 aliphatic heterocycles. The molecule has 0 saturated carbocycles. The van der Waals surface area contributed by atoms with E-state index in [1.165, 1.54) is 11.3 Å². The normalized spacial score (nSPS) is 11.1. The van der Waals surface area contributed by atoms with Gasteiger partial charge in [-0.1, -0.05) is 0 Å². The Morgan fingerprint density at radius 1 is 1.12 bits per heavy atom. The number of pyridine rings is 1. The quantitative estimate of drug-likeness (QED) is 0.678. The highest BCUT2D eigenvalue weighted by Crippen LogP contribution is 2.20. The van der Waals surface area contributed by atoms with Crippen molar-refractivity contribution in [3.63, 3.8) is 0 Å². The van der Waals surface area contributed by atoms with Crippen molar-refractivity contribution in [2.45, 2.75) is 33.4 Å². The van der Waals surface area contributed by atoms with Crippen molar-refractivity contribution in [2.75, 3.05) is 6.54 Å². The van der Waals surface area contributed by atoms with E-state index in [4.69, 9.17) is 0 Å². The second kappa shape index (κ2) is 7.40. The van der Waals surface area contributed by atoms with Gasteiger partial charge in [0.05, 0.1) is 11.4 Å². The highest BCUT2D eigenvalue weighted by Gasteiger charge is 2.09. The zero-order chi connectivity index (χ0) is 16.9. The van der Waals surface area contributed by atoms with E-state index in [1.54, 1.807) is 12.4 Å². The summed E-state index contributed by atoms with van der Waals surface area (Å²) in [5.74, 6) is 0. The minimum Gasteiger partial charge on any atom is -0.312 e. The molecule has 0 amide bonds. The lowest BCUT2D eigenvalue weighted by molar-refractivity contribution is 0.532. The zero-order valence-corrected chi connectivity index (χ0v) is 14.5. The maximum atomic E-state index is 4.58. The summed E-state index contributed by atoms with van der Waals surface area (Å²) in [6.07, 6.45) is 6.72. The molecule has 1 N–H and O–H groups in total. The summed E-state index contributed by atoms with van der Waals surface area (Å²) in [7, 11) is 1.96. The van der Waals surface area contributed by atoms with Gasteiger partial charge in [0.2, 0.25) is 0 Å². The van der Waals surface area contributed by atoms with Gasteiger partial charge in [0.25, 0.3) is 0 Å². The molecule has 0 atom stereocenters. The first-order chi connectivity index (χ1) is 11.6. The van der Waals surface area contributed by atoms with Crippen molar-refractivity contribution in [1.82, 2.24) is 29.9 Å². The molecule has 6 heteroatoms.